The van der Waals surface area contributed by atoms with E-state index >= 15 is 0 Å². The van der Waals surface area contributed by atoms with Crippen LogP contribution in [-0.4, -0.2) is 67.5 Å². The molecule has 2 aromatic heterocycles. The van der Waals surface area contributed by atoms with Crippen LogP contribution in [0.25, 0.3) is 0 Å². The van der Waals surface area contributed by atoms with E-state index in [4.69, 9.17) is 16.7 Å². The molecule has 0 amide bonds. The Bertz CT molecular complexity index is 1340. The van der Waals surface area contributed by atoms with Gasteiger partial charge in [-0.3, -0.25) is 0 Å². The highest BCUT2D eigenvalue weighted by Crippen LogP contribution is 2.20. The Labute approximate surface area is 222 Å². The van der Waals surface area contributed by atoms with E-state index in [-0.39, 0.29) is 38.2 Å². The van der Waals surface area contributed by atoms with Crippen LogP contribution in [-0.2, 0) is 24.4 Å². The van der Waals surface area contributed by atoms with Crippen LogP contribution in [0.4, 0.5) is 5.82 Å². The normalized spacial score (nSPS) is 12.5. The summed E-state index contributed by atoms with van der Waals surface area (Å²) < 4.78 is 52.5. The molecule has 1 atom stereocenters. The minimum Gasteiger partial charge on any atom is -0.478 e. The predicted molar refractivity (Wildman–Crippen MR) is 140 cm³/mol. The summed E-state index contributed by atoms with van der Waals surface area (Å²) in [4.78, 5) is 30.2. The summed E-state index contributed by atoms with van der Waals surface area (Å²) in [5.41, 5.74) is -0.0308. The lowest BCUT2D eigenvalue weighted by Crippen LogP contribution is -2.19. The first-order valence-corrected chi connectivity index (χ1v) is 14.7. The quantitative estimate of drug-likeness (QED) is 0.327. The molecule has 0 spiro atoms. The highest BCUT2D eigenvalue weighted by atomic mass is 35.5. The molecule has 0 aliphatic carbocycles. The summed E-state index contributed by atoms with van der Waals surface area (Å²) in [6, 6.07) is 4.92. The summed E-state index contributed by atoms with van der Waals surface area (Å²) in [7, 11) is -5.98. The standard InChI is InChI=1S/C13H20N2O4S.C10H12ClNO4S/c1-5-9(4)14-11-6-10(13(16)17)7-12(15-11)20(18,19)8(2)3;1-6(2)17(14,15)9-5-7(10(13)16-3)4-8(11)12-9/h6-9H,5H2,1-4H3,(H,14,15)(H,16,17);4-6H,1-3H3/t9-;/m0./s1. The van der Waals surface area contributed by atoms with Gasteiger partial charge in [0.05, 0.1) is 28.7 Å². The number of carboxylic acids is 1. The zero-order chi connectivity index (χ0) is 28.7. The molecule has 14 heteroatoms. The average Bonchev–Trinajstić information content (AvgIpc) is 2.82. The highest BCUT2D eigenvalue weighted by Gasteiger charge is 2.24. The minimum atomic E-state index is -3.61. The summed E-state index contributed by atoms with van der Waals surface area (Å²) in [6.45, 7) is 9.99. The lowest BCUT2D eigenvalue weighted by molar-refractivity contribution is 0.0599. The molecule has 37 heavy (non-hydrogen) atoms. The second kappa shape index (κ2) is 13.2. The molecular weight excluding hydrogens is 546 g/mol. The first-order valence-electron chi connectivity index (χ1n) is 11.2. The van der Waals surface area contributed by atoms with Crippen LogP contribution in [0, 0.1) is 0 Å². The second-order valence-electron chi connectivity index (χ2n) is 8.53. The molecule has 2 heterocycles. The molecule has 0 saturated heterocycles. The summed E-state index contributed by atoms with van der Waals surface area (Å²) in [6.07, 6.45) is 0.811. The summed E-state index contributed by atoms with van der Waals surface area (Å²) in [5.74, 6) is -1.58. The van der Waals surface area contributed by atoms with Crippen LogP contribution >= 0.6 is 11.6 Å². The Balaban J connectivity index is 0.000000375. The van der Waals surface area contributed by atoms with Crippen molar-refractivity contribution in [2.45, 2.75) is 74.6 Å². The van der Waals surface area contributed by atoms with E-state index in [1.807, 2.05) is 13.8 Å². The summed E-state index contributed by atoms with van der Waals surface area (Å²) >= 11 is 5.68. The van der Waals surface area contributed by atoms with Crippen LogP contribution < -0.4 is 5.32 Å². The number of methoxy groups -OCH3 is 1. The molecule has 0 aliphatic heterocycles. The lowest BCUT2D eigenvalue weighted by atomic mass is 10.2. The van der Waals surface area contributed by atoms with Crippen molar-refractivity contribution in [3.05, 3.63) is 40.5 Å². The molecular formula is C23H32ClN3O8S2. The number of sulfone groups is 2. The number of esters is 1. The number of anilines is 1. The van der Waals surface area contributed by atoms with Gasteiger partial charge in [-0.05, 0) is 65.3 Å². The van der Waals surface area contributed by atoms with E-state index in [2.05, 4.69) is 20.0 Å². The molecule has 0 radical (unpaired) electrons. The molecule has 0 aromatic carbocycles. The van der Waals surface area contributed by atoms with E-state index < -0.39 is 42.1 Å². The number of aromatic carboxylic acids is 1. The van der Waals surface area contributed by atoms with Gasteiger partial charge in [-0.15, -0.1) is 0 Å². The van der Waals surface area contributed by atoms with Crippen molar-refractivity contribution in [3.8, 4) is 0 Å². The van der Waals surface area contributed by atoms with Crippen LogP contribution in [0.5, 0.6) is 0 Å². The van der Waals surface area contributed by atoms with Gasteiger partial charge in [0.15, 0.2) is 29.7 Å². The molecule has 0 saturated carbocycles. The maximum atomic E-state index is 12.1. The van der Waals surface area contributed by atoms with Gasteiger partial charge in [-0.1, -0.05) is 18.5 Å². The molecule has 2 N–H and O–H groups in total. The van der Waals surface area contributed by atoms with Crippen molar-refractivity contribution in [1.29, 1.82) is 0 Å². The van der Waals surface area contributed by atoms with Gasteiger partial charge >= 0.3 is 11.9 Å². The molecule has 2 rings (SSSR count). The Hall–Kier alpha value is -2.77. The largest absolute Gasteiger partial charge is 0.478 e. The number of halogens is 1. The second-order valence-corrected chi connectivity index (χ2v) is 13.8. The number of carboxylic acid groups (broad SMARTS) is 1. The van der Waals surface area contributed by atoms with Gasteiger partial charge in [0, 0.05) is 6.04 Å². The van der Waals surface area contributed by atoms with Crippen molar-refractivity contribution in [2.24, 2.45) is 0 Å². The number of nitrogens with zero attached hydrogens (tertiary/aromatic N) is 2. The monoisotopic (exact) mass is 577 g/mol. The molecule has 206 valence electrons. The highest BCUT2D eigenvalue weighted by molar-refractivity contribution is 7.92. The van der Waals surface area contributed by atoms with E-state index in [1.165, 1.54) is 46.9 Å². The molecule has 2 aromatic rings. The van der Waals surface area contributed by atoms with E-state index in [9.17, 15) is 26.4 Å². The van der Waals surface area contributed by atoms with Crippen LogP contribution in [0.15, 0.2) is 34.3 Å². The molecule has 0 bridgehead atoms. The number of hydrogen-bond acceptors (Lipinski definition) is 10. The van der Waals surface area contributed by atoms with Crippen LogP contribution in [0.2, 0.25) is 5.15 Å². The van der Waals surface area contributed by atoms with Crippen molar-refractivity contribution in [2.75, 3.05) is 12.4 Å². The summed E-state index contributed by atoms with van der Waals surface area (Å²) in [5, 5.41) is 10.3. The zero-order valence-corrected chi connectivity index (χ0v) is 24.0. The Morgan fingerprint density at radius 3 is 1.84 bits per heavy atom. The van der Waals surface area contributed by atoms with Gasteiger partial charge < -0.3 is 15.2 Å². The first kappa shape index (κ1) is 32.3. The average molecular weight is 578 g/mol. The smallest absolute Gasteiger partial charge is 0.338 e. The number of rotatable bonds is 9. The van der Waals surface area contributed by atoms with Gasteiger partial charge in [0.25, 0.3) is 0 Å². The molecule has 0 aliphatic rings. The van der Waals surface area contributed by atoms with Gasteiger partial charge in [0.2, 0.25) is 0 Å². The Morgan fingerprint density at radius 2 is 1.41 bits per heavy atom. The Kier molecular flexibility index (Phi) is 11.5. The number of carbonyl (C=O) groups excluding carboxylic acids is 1. The topological polar surface area (TPSA) is 170 Å². The molecule has 0 fully saturated rings. The van der Waals surface area contributed by atoms with Crippen molar-refractivity contribution < 1.29 is 36.3 Å². The first-order chi connectivity index (χ1) is 17.0. The lowest BCUT2D eigenvalue weighted by Gasteiger charge is -2.15. The van der Waals surface area contributed by atoms with E-state index in [0.29, 0.717) is 0 Å². The van der Waals surface area contributed by atoms with Crippen molar-refractivity contribution in [1.82, 2.24) is 9.97 Å². The maximum Gasteiger partial charge on any atom is 0.338 e. The fourth-order valence-electron chi connectivity index (χ4n) is 2.54. The number of nitrogens with one attached hydrogen (secondary N) is 1. The van der Waals surface area contributed by atoms with Crippen LogP contribution in [0.1, 0.15) is 68.7 Å². The SMILES string of the molecule is CC[C@H](C)Nc1cc(C(=O)O)cc(S(=O)(=O)C(C)C)n1.COC(=O)c1cc(Cl)nc(S(=O)(=O)C(C)C)c1. The number of ether oxygens (including phenoxy) is 1. The van der Waals surface area contributed by atoms with E-state index in [1.54, 1.807) is 0 Å². The van der Waals surface area contributed by atoms with Gasteiger partial charge in [0.1, 0.15) is 11.0 Å². The fourth-order valence-corrected chi connectivity index (χ4v) is 4.80. The van der Waals surface area contributed by atoms with Gasteiger partial charge in [-0.25, -0.2) is 36.4 Å². The number of carbonyl (C=O) groups is 2. The zero-order valence-electron chi connectivity index (χ0n) is 21.6. The molecule has 11 nitrogen and oxygen atoms in total. The van der Waals surface area contributed by atoms with Crippen molar-refractivity contribution >= 4 is 49.0 Å². The third kappa shape index (κ3) is 8.64. The minimum absolute atomic E-state index is 0.0618. The number of pyridine rings is 2. The fraction of sp³-hybridized carbons (Fsp3) is 0.478. The van der Waals surface area contributed by atoms with Crippen LogP contribution in [0.3, 0.4) is 0 Å². The number of hydrogen-bond donors (Lipinski definition) is 2. The van der Waals surface area contributed by atoms with Gasteiger partial charge in [-0.2, -0.15) is 0 Å². The number of aromatic nitrogens is 2. The predicted octanol–water partition coefficient (Wildman–Crippen LogP) is 3.88. The third-order valence-corrected chi connectivity index (χ3v) is 9.33. The maximum absolute atomic E-state index is 12.1. The Morgan fingerprint density at radius 1 is 0.919 bits per heavy atom. The van der Waals surface area contributed by atoms with Crippen molar-refractivity contribution in [3.63, 3.8) is 0 Å². The molecule has 0 unspecified atom stereocenters. The van der Waals surface area contributed by atoms with E-state index in [0.717, 1.165) is 18.6 Å². The third-order valence-electron chi connectivity index (χ3n) is 5.07.